The third-order valence-corrected chi connectivity index (χ3v) is 3.05. The van der Waals surface area contributed by atoms with Gasteiger partial charge in [-0.3, -0.25) is 14.9 Å². The van der Waals surface area contributed by atoms with E-state index in [9.17, 15) is 24.8 Å². The number of nitrogens with zero attached hydrogens (tertiary/aromatic N) is 1. The molecule has 1 atom stereocenters. The van der Waals surface area contributed by atoms with Gasteiger partial charge < -0.3 is 15.2 Å². The maximum absolute atomic E-state index is 11.9. The van der Waals surface area contributed by atoms with Crippen molar-refractivity contribution in [2.45, 2.75) is 5.60 Å². The van der Waals surface area contributed by atoms with Gasteiger partial charge in [0, 0.05) is 23.4 Å². The molecule has 1 aromatic rings. The van der Waals surface area contributed by atoms with Crippen LogP contribution >= 0.6 is 0 Å². The molecular weight excluding hydrogens is 268 g/mol. The minimum Gasteiger partial charge on any atom is -0.466 e. The van der Waals surface area contributed by atoms with Gasteiger partial charge in [-0.05, 0) is 6.07 Å². The van der Waals surface area contributed by atoms with E-state index >= 15 is 0 Å². The average Bonchev–Trinajstić information content (AvgIpc) is 2.69. The molecule has 1 aliphatic rings. The van der Waals surface area contributed by atoms with Gasteiger partial charge in [-0.15, -0.1) is 0 Å². The predicted molar refractivity (Wildman–Crippen MR) is 66.8 cm³/mol. The molecule has 0 aliphatic carbocycles. The number of amides is 1. The van der Waals surface area contributed by atoms with Crippen molar-refractivity contribution in [2.75, 3.05) is 12.4 Å². The van der Waals surface area contributed by atoms with Crippen molar-refractivity contribution in [2.24, 2.45) is 0 Å². The maximum Gasteiger partial charge on any atom is 0.336 e. The summed E-state index contributed by atoms with van der Waals surface area (Å²) in [6, 6.07) is 3.46. The Morgan fingerprint density at radius 1 is 1.55 bits per heavy atom. The fourth-order valence-corrected chi connectivity index (χ4v) is 1.96. The number of nitrogens with one attached hydrogen (secondary N) is 1. The number of ether oxygens (including phenoxy) is 1. The summed E-state index contributed by atoms with van der Waals surface area (Å²) in [7, 11) is 1.07. The predicted octanol–water partition coefficient (Wildman–Crippen LogP) is 0.464. The van der Waals surface area contributed by atoms with Crippen LogP contribution in [-0.2, 0) is 19.9 Å². The molecule has 2 N–H and O–H groups in total. The summed E-state index contributed by atoms with van der Waals surface area (Å²) in [4.78, 5) is 33.5. The van der Waals surface area contributed by atoms with Crippen LogP contribution in [0, 0.1) is 10.1 Å². The highest BCUT2D eigenvalue weighted by atomic mass is 16.6. The maximum atomic E-state index is 11.9. The van der Waals surface area contributed by atoms with Crippen LogP contribution in [0.3, 0.4) is 0 Å². The first-order valence-electron chi connectivity index (χ1n) is 5.42. The van der Waals surface area contributed by atoms with E-state index in [1.54, 1.807) is 0 Å². The van der Waals surface area contributed by atoms with Gasteiger partial charge in [-0.25, -0.2) is 4.79 Å². The second kappa shape index (κ2) is 4.42. The van der Waals surface area contributed by atoms with Gasteiger partial charge in [0.25, 0.3) is 11.6 Å². The molecule has 0 radical (unpaired) electrons. The van der Waals surface area contributed by atoms with Crippen LogP contribution < -0.4 is 5.32 Å². The lowest BCUT2D eigenvalue weighted by molar-refractivity contribution is -0.385. The summed E-state index contributed by atoms with van der Waals surface area (Å²) in [6.07, 6.45) is 0. The third kappa shape index (κ3) is 1.74. The van der Waals surface area contributed by atoms with Gasteiger partial charge >= 0.3 is 5.97 Å². The molecule has 1 unspecified atom stereocenters. The van der Waals surface area contributed by atoms with E-state index in [4.69, 9.17) is 0 Å². The van der Waals surface area contributed by atoms with Crippen LogP contribution in [0.2, 0.25) is 0 Å². The number of esters is 1. The second-order valence-electron chi connectivity index (χ2n) is 4.12. The van der Waals surface area contributed by atoms with Gasteiger partial charge in [0.15, 0.2) is 0 Å². The Labute approximate surface area is 112 Å². The lowest BCUT2D eigenvalue weighted by Crippen LogP contribution is -2.39. The second-order valence-corrected chi connectivity index (χ2v) is 4.12. The minimum atomic E-state index is -2.38. The molecule has 0 spiro atoms. The van der Waals surface area contributed by atoms with E-state index in [0.29, 0.717) is 0 Å². The first kappa shape index (κ1) is 13.7. The molecule has 0 saturated carbocycles. The number of anilines is 1. The molecule has 1 heterocycles. The van der Waals surface area contributed by atoms with Gasteiger partial charge in [0.1, 0.15) is 0 Å². The van der Waals surface area contributed by atoms with Gasteiger partial charge in [-0.1, -0.05) is 6.58 Å². The first-order valence-corrected chi connectivity index (χ1v) is 5.42. The number of methoxy groups -OCH3 is 1. The monoisotopic (exact) mass is 278 g/mol. The number of aliphatic hydroxyl groups is 1. The molecular formula is C12H10N2O6. The molecule has 104 valence electrons. The topological polar surface area (TPSA) is 119 Å². The van der Waals surface area contributed by atoms with Crippen molar-refractivity contribution in [3.63, 3.8) is 0 Å². The lowest BCUT2D eigenvalue weighted by Gasteiger charge is -2.21. The molecule has 1 aromatic carbocycles. The van der Waals surface area contributed by atoms with E-state index in [-0.39, 0.29) is 16.9 Å². The number of nitro benzene ring substituents is 1. The fraction of sp³-hybridized carbons (Fsp3) is 0.167. The number of benzene rings is 1. The number of hydrogen-bond acceptors (Lipinski definition) is 6. The Kier molecular flexibility index (Phi) is 3.03. The average molecular weight is 278 g/mol. The highest BCUT2D eigenvalue weighted by Gasteiger charge is 2.51. The number of hydrogen-bond donors (Lipinski definition) is 2. The zero-order valence-electron chi connectivity index (χ0n) is 10.4. The molecule has 2 rings (SSSR count). The van der Waals surface area contributed by atoms with Crippen LogP contribution in [0.15, 0.2) is 30.4 Å². The SMILES string of the molecule is C=C(C(=O)OC)C1(O)C(=O)Nc2ccc([N+](=O)[O-])cc21. The van der Waals surface area contributed by atoms with Gasteiger partial charge in [0.05, 0.1) is 17.6 Å². The first-order chi connectivity index (χ1) is 9.32. The molecule has 8 heteroatoms. The highest BCUT2D eigenvalue weighted by molar-refractivity contribution is 6.12. The van der Waals surface area contributed by atoms with Gasteiger partial charge in [0.2, 0.25) is 5.60 Å². The number of non-ortho nitro benzene ring substituents is 1. The Hall–Kier alpha value is -2.74. The summed E-state index contributed by atoms with van der Waals surface area (Å²) >= 11 is 0. The Morgan fingerprint density at radius 3 is 2.75 bits per heavy atom. The van der Waals surface area contributed by atoms with E-state index < -0.39 is 28.0 Å². The van der Waals surface area contributed by atoms with E-state index in [0.717, 1.165) is 13.2 Å². The van der Waals surface area contributed by atoms with Crippen molar-refractivity contribution in [1.82, 2.24) is 0 Å². The summed E-state index contributed by atoms with van der Waals surface area (Å²) in [5.41, 5.74) is -3.15. The van der Waals surface area contributed by atoms with Crippen molar-refractivity contribution in [3.05, 3.63) is 46.0 Å². The Balaban J connectivity index is 2.61. The van der Waals surface area contributed by atoms with Crippen LogP contribution in [0.4, 0.5) is 11.4 Å². The van der Waals surface area contributed by atoms with Crippen molar-refractivity contribution in [1.29, 1.82) is 0 Å². The van der Waals surface area contributed by atoms with Crippen LogP contribution in [-0.4, -0.2) is 29.0 Å². The van der Waals surface area contributed by atoms with E-state index in [2.05, 4.69) is 16.6 Å². The van der Waals surface area contributed by atoms with Crippen LogP contribution in [0.25, 0.3) is 0 Å². The smallest absolute Gasteiger partial charge is 0.336 e. The highest BCUT2D eigenvalue weighted by Crippen LogP contribution is 2.42. The number of nitro groups is 1. The molecule has 8 nitrogen and oxygen atoms in total. The number of fused-ring (bicyclic) bond motifs is 1. The fourth-order valence-electron chi connectivity index (χ4n) is 1.96. The standard InChI is InChI=1S/C12H10N2O6/c1-6(10(15)20-2)12(17)8-5-7(14(18)19)3-4-9(8)13-11(12)16/h3-5,17H,1H2,2H3,(H,13,16). The lowest BCUT2D eigenvalue weighted by atomic mass is 9.88. The van der Waals surface area contributed by atoms with Crippen molar-refractivity contribution in [3.8, 4) is 0 Å². The van der Waals surface area contributed by atoms with E-state index in [1.165, 1.54) is 12.1 Å². The summed E-state index contributed by atoms with van der Waals surface area (Å²) < 4.78 is 4.42. The normalized spacial score (nSPS) is 20.0. The largest absolute Gasteiger partial charge is 0.466 e. The summed E-state index contributed by atoms with van der Waals surface area (Å²) in [5.74, 6) is -1.90. The zero-order chi connectivity index (χ0) is 15.1. The number of carbonyl (C=O) groups excluding carboxylic acids is 2. The number of carbonyl (C=O) groups is 2. The molecule has 0 fully saturated rings. The van der Waals surface area contributed by atoms with Gasteiger partial charge in [-0.2, -0.15) is 0 Å². The minimum absolute atomic E-state index is 0.105. The summed E-state index contributed by atoms with van der Waals surface area (Å²) in [6.45, 7) is 3.35. The van der Waals surface area contributed by atoms with Crippen LogP contribution in [0.5, 0.6) is 0 Å². The molecule has 20 heavy (non-hydrogen) atoms. The summed E-state index contributed by atoms with van der Waals surface area (Å²) in [5, 5.41) is 23.5. The van der Waals surface area contributed by atoms with Crippen molar-refractivity contribution < 1.29 is 24.4 Å². The number of rotatable bonds is 3. The Morgan fingerprint density at radius 2 is 2.20 bits per heavy atom. The molecule has 1 amide bonds. The molecule has 0 bridgehead atoms. The van der Waals surface area contributed by atoms with E-state index in [1.807, 2.05) is 0 Å². The van der Waals surface area contributed by atoms with Crippen molar-refractivity contribution >= 4 is 23.3 Å². The third-order valence-electron chi connectivity index (χ3n) is 3.05. The zero-order valence-corrected chi connectivity index (χ0v) is 10.4. The Bertz CT molecular complexity index is 653. The molecule has 0 aromatic heterocycles. The quantitative estimate of drug-likeness (QED) is 0.359. The van der Waals surface area contributed by atoms with Crippen LogP contribution in [0.1, 0.15) is 5.56 Å². The molecule has 1 aliphatic heterocycles. The molecule has 0 saturated heterocycles.